The van der Waals surface area contributed by atoms with Crippen molar-refractivity contribution in [1.82, 2.24) is 9.80 Å². The number of sulfonamides is 1. The Morgan fingerprint density at radius 2 is 1.76 bits per heavy atom. The predicted molar refractivity (Wildman–Crippen MR) is 189 cm³/mol. The number of carbonyl (C=O) groups is 2. The minimum atomic E-state index is -3.92. The summed E-state index contributed by atoms with van der Waals surface area (Å²) < 4.78 is 46.6. The monoisotopic (exact) mass is 696 g/mol. The number of hydrogen-bond donors (Lipinski definition) is 3. The number of nitrogens with zero attached hydrogens (tertiary/aromatic N) is 2. The van der Waals surface area contributed by atoms with E-state index in [9.17, 15) is 23.1 Å². The summed E-state index contributed by atoms with van der Waals surface area (Å²) in [7, 11) is -0.662. The molecule has 3 N–H and O–H groups in total. The maximum Gasteiger partial charge on any atom is 0.321 e. The number of likely N-dealkylation sites (N-methyl/N-ethyl adjacent to an activating group) is 1. The number of anilines is 2. The molecule has 1 heterocycles. The molecule has 266 valence electrons. The van der Waals surface area contributed by atoms with E-state index in [1.807, 2.05) is 13.8 Å². The van der Waals surface area contributed by atoms with Crippen molar-refractivity contribution in [2.75, 3.05) is 50.5 Å². The molecule has 13 heteroatoms. The quantitative estimate of drug-likeness (QED) is 0.268. The lowest BCUT2D eigenvalue weighted by Gasteiger charge is -2.35. The van der Waals surface area contributed by atoms with Crippen LogP contribution in [-0.2, 0) is 14.8 Å². The van der Waals surface area contributed by atoms with E-state index in [2.05, 4.69) is 10.0 Å². The zero-order valence-electron chi connectivity index (χ0n) is 28.8. The number of nitrogens with one attached hydrogen (secondary N) is 2. The van der Waals surface area contributed by atoms with Crippen molar-refractivity contribution in [2.45, 2.75) is 63.2 Å². The molecule has 4 atom stereocenters. The molecule has 3 aromatic carbocycles. The van der Waals surface area contributed by atoms with Crippen molar-refractivity contribution in [1.29, 1.82) is 0 Å². The first-order valence-corrected chi connectivity index (χ1v) is 18.0. The van der Waals surface area contributed by atoms with Gasteiger partial charge in [0.1, 0.15) is 11.5 Å². The van der Waals surface area contributed by atoms with E-state index in [4.69, 9.17) is 14.2 Å². The maximum atomic E-state index is 14.4. The Hall–Kier alpha value is -4.33. The lowest BCUT2D eigenvalue weighted by Crippen LogP contribution is -2.48. The number of methoxy groups -OCH3 is 1. The van der Waals surface area contributed by atoms with Gasteiger partial charge in [-0.3, -0.25) is 9.52 Å². The first kappa shape index (κ1) is 37.5. The molecule has 1 aliphatic rings. The van der Waals surface area contributed by atoms with Gasteiger partial charge in [0.15, 0.2) is 0 Å². The summed E-state index contributed by atoms with van der Waals surface area (Å²) in [6.45, 7) is 6.20. The van der Waals surface area contributed by atoms with Crippen LogP contribution in [0.1, 0.15) is 50.4 Å². The van der Waals surface area contributed by atoms with Gasteiger partial charge in [-0.05, 0) is 87.7 Å². The molecule has 3 aromatic rings. The van der Waals surface area contributed by atoms with Gasteiger partial charge in [-0.15, -0.1) is 0 Å². The molecule has 0 aliphatic carbocycles. The second-order valence-corrected chi connectivity index (χ2v) is 14.2. The highest BCUT2D eigenvalue weighted by atomic mass is 32.2. The average Bonchev–Trinajstić information content (AvgIpc) is 3.10. The molecule has 49 heavy (non-hydrogen) atoms. The molecule has 0 saturated carbocycles. The van der Waals surface area contributed by atoms with Crippen molar-refractivity contribution in [3.8, 4) is 11.5 Å². The summed E-state index contributed by atoms with van der Waals surface area (Å²) in [5.41, 5.74) is 0.980. The Morgan fingerprint density at radius 1 is 1.06 bits per heavy atom. The number of carbonyl (C=O) groups excluding carboxylic acids is 2. The summed E-state index contributed by atoms with van der Waals surface area (Å²) in [6, 6.07) is 18.7. The van der Waals surface area contributed by atoms with Crippen LogP contribution in [0.2, 0.25) is 0 Å². The molecule has 0 aromatic heterocycles. The molecule has 4 rings (SSSR count). The van der Waals surface area contributed by atoms with Crippen LogP contribution in [0.5, 0.6) is 11.5 Å². The van der Waals surface area contributed by atoms with Gasteiger partial charge in [-0.25, -0.2) is 13.2 Å². The summed E-state index contributed by atoms with van der Waals surface area (Å²) in [4.78, 5) is 30.7. The molecule has 0 bridgehead atoms. The van der Waals surface area contributed by atoms with Gasteiger partial charge < -0.3 is 34.4 Å². The van der Waals surface area contributed by atoms with Crippen molar-refractivity contribution >= 4 is 33.3 Å². The van der Waals surface area contributed by atoms with E-state index < -0.39 is 28.1 Å². The molecule has 12 nitrogen and oxygen atoms in total. The van der Waals surface area contributed by atoms with E-state index in [-0.39, 0.29) is 53.9 Å². The van der Waals surface area contributed by atoms with Crippen LogP contribution in [0.25, 0.3) is 0 Å². The highest BCUT2D eigenvalue weighted by Crippen LogP contribution is 2.29. The third-order valence-corrected chi connectivity index (χ3v) is 9.90. The van der Waals surface area contributed by atoms with Crippen LogP contribution in [-0.4, -0.2) is 94.0 Å². The van der Waals surface area contributed by atoms with Crippen LogP contribution in [0, 0.1) is 5.92 Å². The zero-order chi connectivity index (χ0) is 35.6. The van der Waals surface area contributed by atoms with Crippen LogP contribution < -0.4 is 19.5 Å². The third-order valence-electron chi connectivity index (χ3n) is 8.50. The van der Waals surface area contributed by atoms with E-state index in [1.54, 1.807) is 85.5 Å². The topological polar surface area (TPSA) is 147 Å². The lowest BCUT2D eigenvalue weighted by atomic mass is 10.0. The van der Waals surface area contributed by atoms with Crippen molar-refractivity contribution in [3.63, 3.8) is 0 Å². The van der Waals surface area contributed by atoms with Gasteiger partial charge in [0.2, 0.25) is 0 Å². The lowest BCUT2D eigenvalue weighted by molar-refractivity contribution is -0.0115. The highest BCUT2D eigenvalue weighted by Gasteiger charge is 2.31. The summed E-state index contributed by atoms with van der Waals surface area (Å²) in [5.74, 6) is 0.304. The standard InChI is InChI=1S/C36H48N4O8S/c1-25-22-40(26(2)24-41)35(42)32-21-29(38-49(44,45)31-12-7-6-8-13-31)16-19-33(32)48-27(3)11-9-10-20-47-34(25)23-39(4)36(43)37-28-14-17-30(46-5)18-15-28/h6-8,12-19,21,25-27,34,38,41H,9-11,20,22-24H2,1-5H3,(H,37,43)/t25-,26+,27-,34+/m1/s1. The number of ether oxygens (including phenoxy) is 3. The Bertz CT molecular complexity index is 1640. The second-order valence-electron chi connectivity index (χ2n) is 12.5. The number of rotatable bonds is 9. The molecule has 0 spiro atoms. The van der Waals surface area contributed by atoms with E-state index in [0.717, 1.165) is 12.8 Å². The van der Waals surface area contributed by atoms with E-state index in [0.29, 0.717) is 30.2 Å². The molecule has 3 amide bonds. The normalized spacial score (nSPS) is 19.8. The van der Waals surface area contributed by atoms with Crippen LogP contribution in [0.4, 0.5) is 16.2 Å². The fourth-order valence-electron chi connectivity index (χ4n) is 5.51. The number of benzene rings is 3. The molecular weight excluding hydrogens is 648 g/mol. The van der Waals surface area contributed by atoms with Gasteiger partial charge in [0, 0.05) is 44.0 Å². The summed E-state index contributed by atoms with van der Waals surface area (Å²) >= 11 is 0. The first-order valence-electron chi connectivity index (χ1n) is 16.5. The zero-order valence-corrected chi connectivity index (χ0v) is 29.6. The third kappa shape index (κ3) is 10.3. The van der Waals surface area contributed by atoms with E-state index in [1.165, 1.54) is 18.2 Å². The van der Waals surface area contributed by atoms with Crippen LogP contribution >= 0.6 is 0 Å². The minimum Gasteiger partial charge on any atom is -0.497 e. The number of fused-ring (bicyclic) bond motifs is 1. The van der Waals surface area contributed by atoms with Gasteiger partial charge >= 0.3 is 6.03 Å². The van der Waals surface area contributed by atoms with Crippen molar-refractivity contribution < 1.29 is 37.3 Å². The molecule has 0 fully saturated rings. The van der Waals surface area contributed by atoms with Crippen molar-refractivity contribution in [2.24, 2.45) is 5.92 Å². The average molecular weight is 697 g/mol. The Balaban J connectivity index is 1.60. The van der Waals surface area contributed by atoms with Crippen LogP contribution in [0.3, 0.4) is 0 Å². The molecule has 0 saturated heterocycles. The van der Waals surface area contributed by atoms with Crippen molar-refractivity contribution in [3.05, 3.63) is 78.4 Å². The number of amides is 3. The summed E-state index contributed by atoms with van der Waals surface area (Å²) in [6.07, 6.45) is 1.59. The smallest absolute Gasteiger partial charge is 0.321 e. The molecule has 0 unspecified atom stereocenters. The van der Waals surface area contributed by atoms with Crippen LogP contribution in [0.15, 0.2) is 77.7 Å². The van der Waals surface area contributed by atoms with Gasteiger partial charge in [-0.2, -0.15) is 0 Å². The fourth-order valence-corrected chi connectivity index (χ4v) is 6.58. The van der Waals surface area contributed by atoms with Gasteiger partial charge in [0.25, 0.3) is 15.9 Å². The minimum absolute atomic E-state index is 0.0873. The number of hydrogen-bond acceptors (Lipinski definition) is 8. The SMILES string of the molecule is COc1ccc(NC(=O)N(C)C[C@@H]2OCCCC[C@@H](C)Oc3ccc(NS(=O)(=O)c4ccccc4)cc3C(=O)N([C@@H](C)CO)C[C@H]2C)cc1. The fraction of sp³-hybridized carbons (Fsp3) is 0.444. The first-order chi connectivity index (χ1) is 23.4. The predicted octanol–water partition coefficient (Wildman–Crippen LogP) is 5.46. The Kier molecular flexibility index (Phi) is 13.3. The second kappa shape index (κ2) is 17.4. The Labute approximate surface area is 289 Å². The number of aliphatic hydroxyl groups is 1. The van der Waals surface area contributed by atoms with E-state index >= 15 is 0 Å². The largest absolute Gasteiger partial charge is 0.497 e. The summed E-state index contributed by atoms with van der Waals surface area (Å²) in [5, 5.41) is 13.1. The molecular formula is C36H48N4O8S. The number of urea groups is 1. The van der Waals surface area contributed by atoms with Gasteiger partial charge in [0.05, 0.1) is 42.4 Å². The molecule has 0 radical (unpaired) electrons. The Morgan fingerprint density at radius 3 is 2.43 bits per heavy atom. The maximum absolute atomic E-state index is 14.4. The van der Waals surface area contributed by atoms with Gasteiger partial charge in [-0.1, -0.05) is 25.1 Å². The highest BCUT2D eigenvalue weighted by molar-refractivity contribution is 7.92. The molecule has 1 aliphatic heterocycles. The number of aliphatic hydroxyl groups excluding tert-OH is 1.